The molecule has 108 valence electrons. The topological polar surface area (TPSA) is 21.3 Å². The average molecular weight is 255 g/mol. The Kier molecular flexibility index (Phi) is 9.59. The molecule has 1 aliphatic rings. The maximum atomic E-state index is 5.79. The molecular formula is C16H33NO. The molecule has 0 aromatic carbocycles. The van der Waals surface area contributed by atoms with Gasteiger partial charge in [0, 0.05) is 19.2 Å². The summed E-state index contributed by atoms with van der Waals surface area (Å²) in [5, 5.41) is 3.55. The van der Waals surface area contributed by atoms with Gasteiger partial charge in [0.1, 0.15) is 0 Å². The van der Waals surface area contributed by atoms with Crippen LogP contribution in [0.5, 0.6) is 0 Å². The van der Waals surface area contributed by atoms with Gasteiger partial charge in [-0.05, 0) is 32.1 Å². The van der Waals surface area contributed by atoms with E-state index in [1.54, 1.807) is 0 Å². The Morgan fingerprint density at radius 3 is 2.67 bits per heavy atom. The van der Waals surface area contributed by atoms with Gasteiger partial charge >= 0.3 is 0 Å². The number of rotatable bonds is 10. The van der Waals surface area contributed by atoms with Gasteiger partial charge in [0.15, 0.2) is 0 Å². The molecule has 1 atom stereocenters. The lowest BCUT2D eigenvalue weighted by Crippen LogP contribution is -2.30. The third-order valence-corrected chi connectivity index (χ3v) is 4.06. The van der Waals surface area contributed by atoms with E-state index < -0.39 is 0 Å². The van der Waals surface area contributed by atoms with E-state index in [0.29, 0.717) is 6.04 Å². The van der Waals surface area contributed by atoms with Gasteiger partial charge in [0.05, 0.1) is 6.61 Å². The molecule has 0 heterocycles. The SMILES string of the molecule is CCCCCC(C)NCCOCC1CCCCC1. The molecule has 1 rings (SSSR count). The van der Waals surface area contributed by atoms with E-state index in [2.05, 4.69) is 19.2 Å². The van der Waals surface area contributed by atoms with Crippen LogP contribution in [0.25, 0.3) is 0 Å². The van der Waals surface area contributed by atoms with Crippen molar-refractivity contribution < 1.29 is 4.74 Å². The lowest BCUT2D eigenvalue weighted by atomic mass is 9.90. The van der Waals surface area contributed by atoms with E-state index >= 15 is 0 Å². The second kappa shape index (κ2) is 10.8. The molecule has 0 spiro atoms. The first kappa shape index (κ1) is 16.0. The molecule has 0 aromatic rings. The summed E-state index contributed by atoms with van der Waals surface area (Å²) in [6, 6.07) is 0.648. The van der Waals surface area contributed by atoms with Crippen molar-refractivity contribution in [3.63, 3.8) is 0 Å². The normalized spacial score (nSPS) is 19.0. The van der Waals surface area contributed by atoms with Gasteiger partial charge in [-0.25, -0.2) is 0 Å². The van der Waals surface area contributed by atoms with E-state index in [0.717, 1.165) is 25.7 Å². The molecule has 0 aromatic heterocycles. The van der Waals surface area contributed by atoms with Gasteiger partial charge in [-0.3, -0.25) is 0 Å². The number of unbranched alkanes of at least 4 members (excludes halogenated alkanes) is 2. The number of hydrogen-bond acceptors (Lipinski definition) is 2. The van der Waals surface area contributed by atoms with Crippen molar-refractivity contribution in [3.05, 3.63) is 0 Å². The van der Waals surface area contributed by atoms with E-state index in [1.807, 2.05) is 0 Å². The van der Waals surface area contributed by atoms with Crippen LogP contribution in [0.4, 0.5) is 0 Å². The minimum absolute atomic E-state index is 0.648. The quantitative estimate of drug-likeness (QED) is 0.592. The molecule has 1 aliphatic carbocycles. The summed E-state index contributed by atoms with van der Waals surface area (Å²) in [4.78, 5) is 0. The Hall–Kier alpha value is -0.0800. The van der Waals surface area contributed by atoms with Crippen molar-refractivity contribution in [2.75, 3.05) is 19.8 Å². The molecule has 0 radical (unpaired) electrons. The summed E-state index contributed by atoms with van der Waals surface area (Å²) in [6.07, 6.45) is 12.4. The Bertz CT molecular complexity index is 178. The zero-order valence-electron chi connectivity index (χ0n) is 12.5. The molecular weight excluding hydrogens is 222 g/mol. The number of hydrogen-bond donors (Lipinski definition) is 1. The van der Waals surface area contributed by atoms with Crippen molar-refractivity contribution in [1.29, 1.82) is 0 Å². The smallest absolute Gasteiger partial charge is 0.0591 e. The van der Waals surface area contributed by atoms with Crippen molar-refractivity contribution >= 4 is 0 Å². The summed E-state index contributed by atoms with van der Waals surface area (Å²) in [5.41, 5.74) is 0. The maximum absolute atomic E-state index is 5.79. The zero-order chi connectivity index (χ0) is 13.1. The van der Waals surface area contributed by atoms with Crippen LogP contribution < -0.4 is 5.32 Å². The fourth-order valence-corrected chi connectivity index (χ4v) is 2.78. The highest BCUT2D eigenvalue weighted by Gasteiger charge is 2.12. The van der Waals surface area contributed by atoms with Gasteiger partial charge < -0.3 is 10.1 Å². The predicted octanol–water partition coefficient (Wildman–Crippen LogP) is 4.14. The zero-order valence-corrected chi connectivity index (χ0v) is 12.5. The molecule has 0 bridgehead atoms. The van der Waals surface area contributed by atoms with Crippen LogP contribution in [0.3, 0.4) is 0 Å². The summed E-state index contributed by atoms with van der Waals surface area (Å²) >= 11 is 0. The summed E-state index contributed by atoms with van der Waals surface area (Å²) in [6.45, 7) is 7.44. The second-order valence-corrected chi connectivity index (χ2v) is 5.93. The van der Waals surface area contributed by atoms with Gasteiger partial charge in [-0.15, -0.1) is 0 Å². The molecule has 1 N–H and O–H groups in total. The fourth-order valence-electron chi connectivity index (χ4n) is 2.78. The van der Waals surface area contributed by atoms with E-state index in [9.17, 15) is 0 Å². The molecule has 18 heavy (non-hydrogen) atoms. The van der Waals surface area contributed by atoms with Crippen molar-refractivity contribution in [1.82, 2.24) is 5.32 Å². The Labute approximate surface area is 114 Å². The highest BCUT2D eigenvalue weighted by molar-refractivity contribution is 4.65. The highest BCUT2D eigenvalue weighted by atomic mass is 16.5. The molecule has 1 unspecified atom stereocenters. The summed E-state index contributed by atoms with van der Waals surface area (Å²) in [5.74, 6) is 0.848. The lowest BCUT2D eigenvalue weighted by molar-refractivity contribution is 0.0857. The molecule has 2 nitrogen and oxygen atoms in total. The number of nitrogens with one attached hydrogen (secondary N) is 1. The first-order chi connectivity index (χ1) is 8.83. The van der Waals surface area contributed by atoms with E-state index in [-0.39, 0.29) is 0 Å². The Balaban J connectivity index is 1.85. The minimum Gasteiger partial charge on any atom is -0.380 e. The Morgan fingerprint density at radius 2 is 1.94 bits per heavy atom. The van der Waals surface area contributed by atoms with Gasteiger partial charge in [0.25, 0.3) is 0 Å². The standard InChI is InChI=1S/C16H33NO/c1-3-4-6-9-15(2)17-12-13-18-14-16-10-7-5-8-11-16/h15-17H,3-14H2,1-2H3. The van der Waals surface area contributed by atoms with Crippen LogP contribution in [0.2, 0.25) is 0 Å². The molecule has 0 saturated heterocycles. The summed E-state index contributed by atoms with van der Waals surface area (Å²) in [7, 11) is 0. The van der Waals surface area contributed by atoms with Crippen LogP contribution in [0.1, 0.15) is 71.6 Å². The van der Waals surface area contributed by atoms with E-state index in [4.69, 9.17) is 4.74 Å². The van der Waals surface area contributed by atoms with Gasteiger partial charge in [-0.2, -0.15) is 0 Å². The van der Waals surface area contributed by atoms with Crippen LogP contribution >= 0.6 is 0 Å². The number of ether oxygens (including phenoxy) is 1. The predicted molar refractivity (Wildman–Crippen MR) is 79.0 cm³/mol. The fraction of sp³-hybridized carbons (Fsp3) is 1.00. The van der Waals surface area contributed by atoms with Gasteiger partial charge in [-0.1, -0.05) is 45.4 Å². The maximum Gasteiger partial charge on any atom is 0.0591 e. The highest BCUT2D eigenvalue weighted by Crippen LogP contribution is 2.23. The molecule has 0 amide bonds. The van der Waals surface area contributed by atoms with Crippen molar-refractivity contribution in [2.45, 2.75) is 77.7 Å². The van der Waals surface area contributed by atoms with Crippen molar-refractivity contribution in [2.24, 2.45) is 5.92 Å². The van der Waals surface area contributed by atoms with Crippen molar-refractivity contribution in [3.8, 4) is 0 Å². The lowest BCUT2D eigenvalue weighted by Gasteiger charge is -2.21. The van der Waals surface area contributed by atoms with Crippen LogP contribution in [-0.2, 0) is 4.74 Å². The van der Waals surface area contributed by atoms with E-state index in [1.165, 1.54) is 57.8 Å². The third-order valence-electron chi connectivity index (χ3n) is 4.06. The Morgan fingerprint density at radius 1 is 1.17 bits per heavy atom. The van der Waals surface area contributed by atoms with Crippen LogP contribution in [0, 0.1) is 5.92 Å². The molecule has 2 heteroatoms. The van der Waals surface area contributed by atoms with Crippen LogP contribution in [-0.4, -0.2) is 25.8 Å². The average Bonchev–Trinajstić information content (AvgIpc) is 2.40. The molecule has 0 aliphatic heterocycles. The van der Waals surface area contributed by atoms with Crippen LogP contribution in [0.15, 0.2) is 0 Å². The summed E-state index contributed by atoms with van der Waals surface area (Å²) < 4.78 is 5.79. The first-order valence-electron chi connectivity index (χ1n) is 8.14. The third kappa shape index (κ3) is 8.10. The largest absolute Gasteiger partial charge is 0.380 e. The molecule has 1 saturated carbocycles. The minimum atomic E-state index is 0.648. The van der Waals surface area contributed by atoms with Gasteiger partial charge in [0.2, 0.25) is 0 Å². The monoisotopic (exact) mass is 255 g/mol. The first-order valence-corrected chi connectivity index (χ1v) is 8.14. The molecule has 1 fully saturated rings. The second-order valence-electron chi connectivity index (χ2n) is 5.93.